The smallest absolute Gasteiger partial charge is 0.0184 e. The molecule has 2 aromatic rings. The molecule has 0 spiro atoms. The third-order valence-corrected chi connectivity index (χ3v) is 2.58. The number of rotatable bonds is 5. The van der Waals surface area contributed by atoms with Gasteiger partial charge in [-0.25, -0.2) is 0 Å². The Hall–Kier alpha value is -0.600. The van der Waals surface area contributed by atoms with Gasteiger partial charge in [0.05, 0.1) is 0 Å². The maximum Gasteiger partial charge on any atom is -0.0184 e. The maximum atomic E-state index is 5.13. The molecule has 2 aromatic carbocycles. The third kappa shape index (κ3) is 8.55. The van der Waals surface area contributed by atoms with Crippen molar-refractivity contribution >= 4 is 29.6 Å². The molecule has 0 unspecified atom stereocenters. The molecular weight excluding hydrogens is 255 g/mol. The van der Waals surface area contributed by atoms with Gasteiger partial charge in [0.2, 0.25) is 0 Å². The molecule has 0 aliphatic carbocycles. The summed E-state index contributed by atoms with van der Waals surface area (Å²) in [6.45, 7) is 6.09. The van der Waals surface area contributed by atoms with Crippen LogP contribution in [0.5, 0.6) is 0 Å². The van der Waals surface area contributed by atoms with Crippen LogP contribution in [-0.4, -0.2) is 42.8 Å². The molecule has 104 valence electrons. The van der Waals surface area contributed by atoms with Gasteiger partial charge in [-0.05, 0) is 24.0 Å². The predicted octanol–water partition coefficient (Wildman–Crippen LogP) is 4.53. The Labute approximate surface area is 145 Å². The van der Waals surface area contributed by atoms with Crippen LogP contribution in [0, 0.1) is 0 Å². The molecule has 0 aromatic heterocycles. The zero-order chi connectivity index (χ0) is 13.8. The summed E-state index contributed by atoms with van der Waals surface area (Å²) in [6, 6.07) is 20.8. The SMILES string of the molecule is CCCOCCC.[NaH].c1ccc(-c2ccccc2)cc1. The topological polar surface area (TPSA) is 9.23 Å². The Morgan fingerprint density at radius 3 is 1.30 bits per heavy atom. The van der Waals surface area contributed by atoms with Gasteiger partial charge >= 0.3 is 29.6 Å². The quantitative estimate of drug-likeness (QED) is 0.577. The maximum absolute atomic E-state index is 5.13. The summed E-state index contributed by atoms with van der Waals surface area (Å²) < 4.78 is 5.13. The molecule has 0 saturated heterocycles. The Kier molecular flexibility index (Phi) is 13.0. The molecule has 0 N–H and O–H groups in total. The standard InChI is InChI=1S/C12H10.C6H14O.Na.H/c1-3-7-11(8-4-1)12-9-5-2-6-10-12;1-3-5-7-6-4-2;;/h1-10H;3-6H2,1-2H3;;. The minimum Gasteiger partial charge on any atom is -0.0622 e. The van der Waals surface area contributed by atoms with Crippen molar-refractivity contribution in [1.29, 1.82) is 0 Å². The minimum absolute atomic E-state index is 0. The fourth-order valence-corrected chi connectivity index (χ4v) is 1.65. The van der Waals surface area contributed by atoms with Crippen LogP contribution in [-0.2, 0) is 4.74 Å². The Balaban J connectivity index is 0.000000396. The van der Waals surface area contributed by atoms with Crippen LogP contribution in [0.2, 0.25) is 0 Å². The van der Waals surface area contributed by atoms with E-state index in [2.05, 4.69) is 62.4 Å². The van der Waals surface area contributed by atoms with E-state index in [9.17, 15) is 0 Å². The average Bonchev–Trinajstić information content (AvgIpc) is 2.50. The van der Waals surface area contributed by atoms with E-state index in [1.54, 1.807) is 0 Å². The molecule has 2 heteroatoms. The average molecular weight is 280 g/mol. The number of hydrogen-bond donors (Lipinski definition) is 0. The van der Waals surface area contributed by atoms with E-state index in [0.717, 1.165) is 26.1 Å². The van der Waals surface area contributed by atoms with E-state index in [4.69, 9.17) is 4.74 Å². The second-order valence-electron chi connectivity index (χ2n) is 4.34. The first kappa shape index (κ1) is 19.4. The van der Waals surface area contributed by atoms with Crippen LogP contribution < -0.4 is 0 Å². The Morgan fingerprint density at radius 1 is 0.650 bits per heavy atom. The Morgan fingerprint density at radius 2 is 1.00 bits per heavy atom. The van der Waals surface area contributed by atoms with E-state index >= 15 is 0 Å². The third-order valence-electron chi connectivity index (χ3n) is 2.58. The van der Waals surface area contributed by atoms with Crippen molar-refractivity contribution in [3.05, 3.63) is 60.7 Å². The van der Waals surface area contributed by atoms with Gasteiger partial charge in [0.1, 0.15) is 0 Å². The molecule has 20 heavy (non-hydrogen) atoms. The van der Waals surface area contributed by atoms with Gasteiger partial charge in [0.25, 0.3) is 0 Å². The molecule has 0 atom stereocenters. The van der Waals surface area contributed by atoms with Crippen molar-refractivity contribution < 1.29 is 4.74 Å². The fourth-order valence-electron chi connectivity index (χ4n) is 1.65. The number of benzene rings is 2. The summed E-state index contributed by atoms with van der Waals surface area (Å²) in [4.78, 5) is 0. The van der Waals surface area contributed by atoms with Gasteiger partial charge in [0.15, 0.2) is 0 Å². The first-order valence-electron chi connectivity index (χ1n) is 7.06. The van der Waals surface area contributed by atoms with Crippen LogP contribution in [0.3, 0.4) is 0 Å². The molecular formula is C18H25NaO. The summed E-state index contributed by atoms with van der Waals surface area (Å²) >= 11 is 0. The number of ether oxygens (including phenoxy) is 1. The summed E-state index contributed by atoms with van der Waals surface area (Å²) in [7, 11) is 0. The first-order valence-corrected chi connectivity index (χ1v) is 7.06. The van der Waals surface area contributed by atoms with Crippen LogP contribution in [0.4, 0.5) is 0 Å². The van der Waals surface area contributed by atoms with Gasteiger partial charge in [-0.2, -0.15) is 0 Å². The van der Waals surface area contributed by atoms with Gasteiger partial charge in [-0.15, -0.1) is 0 Å². The molecule has 2 rings (SSSR count). The molecule has 0 fully saturated rings. The predicted molar refractivity (Wildman–Crippen MR) is 90.4 cm³/mol. The monoisotopic (exact) mass is 280 g/mol. The second-order valence-corrected chi connectivity index (χ2v) is 4.34. The molecule has 0 heterocycles. The summed E-state index contributed by atoms with van der Waals surface area (Å²) in [5.74, 6) is 0. The van der Waals surface area contributed by atoms with E-state index in [1.165, 1.54) is 11.1 Å². The van der Waals surface area contributed by atoms with E-state index < -0.39 is 0 Å². The largest absolute Gasteiger partial charge is 0.0622 e. The molecule has 0 aliphatic heterocycles. The van der Waals surface area contributed by atoms with E-state index in [1.807, 2.05) is 12.1 Å². The zero-order valence-corrected chi connectivity index (χ0v) is 12.0. The molecule has 0 saturated carbocycles. The normalized spacial score (nSPS) is 9.10. The van der Waals surface area contributed by atoms with Gasteiger partial charge < -0.3 is 4.74 Å². The van der Waals surface area contributed by atoms with Crippen molar-refractivity contribution in [1.82, 2.24) is 0 Å². The van der Waals surface area contributed by atoms with Crippen LogP contribution in [0.15, 0.2) is 60.7 Å². The van der Waals surface area contributed by atoms with Crippen LogP contribution >= 0.6 is 0 Å². The van der Waals surface area contributed by atoms with Gasteiger partial charge in [0, 0.05) is 13.2 Å². The van der Waals surface area contributed by atoms with Crippen molar-refractivity contribution in [3.63, 3.8) is 0 Å². The van der Waals surface area contributed by atoms with Crippen molar-refractivity contribution in [2.45, 2.75) is 26.7 Å². The van der Waals surface area contributed by atoms with Crippen LogP contribution in [0.25, 0.3) is 11.1 Å². The molecule has 0 amide bonds. The molecule has 0 radical (unpaired) electrons. The van der Waals surface area contributed by atoms with Crippen molar-refractivity contribution in [2.75, 3.05) is 13.2 Å². The zero-order valence-electron chi connectivity index (χ0n) is 12.0. The van der Waals surface area contributed by atoms with E-state index in [0.29, 0.717) is 0 Å². The van der Waals surface area contributed by atoms with Gasteiger partial charge in [-0.1, -0.05) is 74.5 Å². The first-order chi connectivity index (χ1) is 9.38. The fraction of sp³-hybridized carbons (Fsp3) is 0.333. The van der Waals surface area contributed by atoms with Crippen molar-refractivity contribution in [2.24, 2.45) is 0 Å². The van der Waals surface area contributed by atoms with Crippen molar-refractivity contribution in [3.8, 4) is 11.1 Å². The minimum atomic E-state index is 0. The molecule has 0 bridgehead atoms. The second kappa shape index (κ2) is 13.4. The summed E-state index contributed by atoms with van der Waals surface area (Å²) in [5, 5.41) is 0. The van der Waals surface area contributed by atoms with E-state index in [-0.39, 0.29) is 29.6 Å². The summed E-state index contributed by atoms with van der Waals surface area (Å²) in [5.41, 5.74) is 2.55. The molecule has 1 nitrogen and oxygen atoms in total. The molecule has 0 aliphatic rings. The van der Waals surface area contributed by atoms with Crippen LogP contribution in [0.1, 0.15) is 26.7 Å². The Bertz CT molecular complexity index is 372. The van der Waals surface area contributed by atoms with Gasteiger partial charge in [-0.3, -0.25) is 0 Å². The number of hydrogen-bond acceptors (Lipinski definition) is 1. The summed E-state index contributed by atoms with van der Waals surface area (Å²) in [6.07, 6.45) is 2.28.